The maximum atomic E-state index is 9.59. The second kappa shape index (κ2) is 4.64. The standard InChI is InChI=1S/C10H14ClNO2/c1-6-3-7(8(13)5-12)10(11)9(4-6)14-2/h3-4,8,13H,5,12H2,1-2H3. The number of benzene rings is 1. The molecule has 0 spiro atoms. The quantitative estimate of drug-likeness (QED) is 0.806. The average molecular weight is 216 g/mol. The lowest BCUT2D eigenvalue weighted by molar-refractivity contribution is 0.186. The van der Waals surface area contributed by atoms with Gasteiger partial charge in [-0.05, 0) is 18.6 Å². The first-order valence-electron chi connectivity index (χ1n) is 4.32. The largest absolute Gasteiger partial charge is 0.495 e. The number of aliphatic hydroxyl groups is 1. The predicted octanol–water partition coefficient (Wildman–Crippen LogP) is 1.65. The van der Waals surface area contributed by atoms with E-state index in [9.17, 15) is 5.11 Å². The lowest BCUT2D eigenvalue weighted by Gasteiger charge is -2.14. The second-order valence-corrected chi connectivity index (χ2v) is 3.50. The zero-order chi connectivity index (χ0) is 10.7. The van der Waals surface area contributed by atoms with Gasteiger partial charge in [-0.15, -0.1) is 0 Å². The fraction of sp³-hybridized carbons (Fsp3) is 0.400. The number of halogens is 1. The van der Waals surface area contributed by atoms with Crippen molar-refractivity contribution in [2.75, 3.05) is 13.7 Å². The van der Waals surface area contributed by atoms with Crippen LogP contribution in [0, 0.1) is 6.92 Å². The highest BCUT2D eigenvalue weighted by Gasteiger charge is 2.14. The van der Waals surface area contributed by atoms with Crippen LogP contribution in [0.15, 0.2) is 12.1 Å². The highest BCUT2D eigenvalue weighted by Crippen LogP contribution is 2.32. The van der Waals surface area contributed by atoms with Crippen LogP contribution in [-0.2, 0) is 0 Å². The molecule has 3 nitrogen and oxygen atoms in total. The van der Waals surface area contributed by atoms with Crippen LogP contribution in [-0.4, -0.2) is 18.8 Å². The number of hydrogen-bond acceptors (Lipinski definition) is 3. The van der Waals surface area contributed by atoms with Crippen molar-refractivity contribution in [3.8, 4) is 5.75 Å². The molecule has 0 saturated heterocycles. The van der Waals surface area contributed by atoms with E-state index in [4.69, 9.17) is 22.1 Å². The minimum Gasteiger partial charge on any atom is -0.495 e. The van der Waals surface area contributed by atoms with E-state index in [-0.39, 0.29) is 6.54 Å². The molecule has 78 valence electrons. The van der Waals surface area contributed by atoms with Crippen LogP contribution in [0.3, 0.4) is 0 Å². The van der Waals surface area contributed by atoms with Crippen molar-refractivity contribution in [1.82, 2.24) is 0 Å². The molecule has 1 atom stereocenters. The number of methoxy groups -OCH3 is 1. The fourth-order valence-corrected chi connectivity index (χ4v) is 1.59. The van der Waals surface area contributed by atoms with Crippen LogP contribution in [0.25, 0.3) is 0 Å². The number of aryl methyl sites for hydroxylation is 1. The molecule has 1 aromatic rings. The minimum atomic E-state index is -0.740. The van der Waals surface area contributed by atoms with Crippen LogP contribution in [0.2, 0.25) is 5.02 Å². The summed E-state index contributed by atoms with van der Waals surface area (Å²) >= 11 is 6.01. The SMILES string of the molecule is COc1cc(C)cc(C(O)CN)c1Cl. The molecule has 1 unspecified atom stereocenters. The average Bonchev–Trinajstić information content (AvgIpc) is 2.19. The van der Waals surface area contributed by atoms with E-state index in [0.29, 0.717) is 16.3 Å². The van der Waals surface area contributed by atoms with Gasteiger partial charge < -0.3 is 15.6 Å². The zero-order valence-corrected chi connectivity index (χ0v) is 9.01. The third-order valence-electron chi connectivity index (χ3n) is 2.01. The van der Waals surface area contributed by atoms with Gasteiger partial charge >= 0.3 is 0 Å². The van der Waals surface area contributed by atoms with Crippen LogP contribution in [0.4, 0.5) is 0 Å². The number of nitrogens with two attached hydrogens (primary N) is 1. The highest BCUT2D eigenvalue weighted by atomic mass is 35.5. The van der Waals surface area contributed by atoms with E-state index in [1.165, 1.54) is 0 Å². The molecule has 1 rings (SSSR count). The van der Waals surface area contributed by atoms with Gasteiger partial charge in [-0.25, -0.2) is 0 Å². The lowest BCUT2D eigenvalue weighted by Crippen LogP contribution is -2.12. The first-order chi connectivity index (χ1) is 6.60. The van der Waals surface area contributed by atoms with E-state index in [0.717, 1.165) is 5.56 Å². The van der Waals surface area contributed by atoms with Crippen molar-refractivity contribution >= 4 is 11.6 Å². The van der Waals surface area contributed by atoms with E-state index >= 15 is 0 Å². The summed E-state index contributed by atoms with van der Waals surface area (Å²) in [4.78, 5) is 0. The number of hydrogen-bond donors (Lipinski definition) is 2. The highest BCUT2D eigenvalue weighted by molar-refractivity contribution is 6.32. The van der Waals surface area contributed by atoms with Crippen molar-refractivity contribution in [3.63, 3.8) is 0 Å². The summed E-state index contributed by atoms with van der Waals surface area (Å²) in [6.07, 6.45) is -0.740. The summed E-state index contributed by atoms with van der Waals surface area (Å²) in [5.74, 6) is 0.564. The van der Waals surface area contributed by atoms with Crippen molar-refractivity contribution in [3.05, 3.63) is 28.3 Å². The lowest BCUT2D eigenvalue weighted by atomic mass is 10.1. The summed E-state index contributed by atoms with van der Waals surface area (Å²) in [7, 11) is 1.54. The second-order valence-electron chi connectivity index (χ2n) is 3.12. The van der Waals surface area contributed by atoms with Gasteiger partial charge in [0.1, 0.15) is 5.75 Å². The molecule has 0 saturated carbocycles. The minimum absolute atomic E-state index is 0.145. The molecule has 0 bridgehead atoms. The van der Waals surface area contributed by atoms with Gasteiger partial charge in [0.2, 0.25) is 0 Å². The smallest absolute Gasteiger partial charge is 0.138 e. The van der Waals surface area contributed by atoms with Crippen molar-refractivity contribution < 1.29 is 9.84 Å². The Balaban J connectivity index is 3.21. The molecule has 0 aliphatic carbocycles. The molecular formula is C10H14ClNO2. The number of aliphatic hydroxyl groups excluding tert-OH is 1. The van der Waals surface area contributed by atoms with Crippen molar-refractivity contribution in [1.29, 1.82) is 0 Å². The van der Waals surface area contributed by atoms with Gasteiger partial charge in [0.15, 0.2) is 0 Å². The molecule has 14 heavy (non-hydrogen) atoms. The molecule has 3 N–H and O–H groups in total. The molecule has 0 radical (unpaired) electrons. The molecule has 4 heteroatoms. The van der Waals surface area contributed by atoms with Gasteiger partial charge in [0, 0.05) is 12.1 Å². The number of ether oxygens (including phenoxy) is 1. The Hall–Kier alpha value is -0.770. The molecule has 1 aromatic carbocycles. The molecule has 0 heterocycles. The summed E-state index contributed by atoms with van der Waals surface area (Å²) < 4.78 is 5.08. The van der Waals surface area contributed by atoms with Crippen LogP contribution in [0.5, 0.6) is 5.75 Å². The summed E-state index contributed by atoms with van der Waals surface area (Å²) in [5.41, 5.74) is 6.96. The Labute approximate surface area is 88.4 Å². The number of rotatable bonds is 3. The van der Waals surface area contributed by atoms with Gasteiger partial charge in [-0.1, -0.05) is 17.7 Å². The third kappa shape index (κ3) is 2.18. The monoisotopic (exact) mass is 215 g/mol. The Morgan fingerprint density at radius 2 is 2.21 bits per heavy atom. The van der Waals surface area contributed by atoms with Crippen LogP contribution < -0.4 is 10.5 Å². The Morgan fingerprint density at radius 3 is 2.71 bits per heavy atom. The van der Waals surface area contributed by atoms with E-state index in [2.05, 4.69) is 0 Å². The fourth-order valence-electron chi connectivity index (χ4n) is 1.28. The predicted molar refractivity (Wildman–Crippen MR) is 56.8 cm³/mol. The van der Waals surface area contributed by atoms with Gasteiger partial charge in [0.05, 0.1) is 18.2 Å². The van der Waals surface area contributed by atoms with Gasteiger partial charge in [-0.2, -0.15) is 0 Å². The normalized spacial score (nSPS) is 12.6. The maximum Gasteiger partial charge on any atom is 0.138 e. The topological polar surface area (TPSA) is 55.5 Å². The maximum absolute atomic E-state index is 9.59. The Morgan fingerprint density at radius 1 is 1.57 bits per heavy atom. The summed E-state index contributed by atoms with van der Waals surface area (Å²) in [5, 5.41) is 10.0. The van der Waals surface area contributed by atoms with E-state index in [1.54, 1.807) is 7.11 Å². The molecular weight excluding hydrogens is 202 g/mol. The first-order valence-corrected chi connectivity index (χ1v) is 4.70. The Kier molecular flexibility index (Phi) is 3.75. The third-order valence-corrected chi connectivity index (χ3v) is 2.42. The van der Waals surface area contributed by atoms with Crippen LogP contribution in [0.1, 0.15) is 17.2 Å². The molecule has 0 aromatic heterocycles. The molecule has 0 amide bonds. The Bertz CT molecular complexity index is 328. The van der Waals surface area contributed by atoms with Crippen molar-refractivity contribution in [2.45, 2.75) is 13.0 Å². The molecule has 0 aliphatic heterocycles. The van der Waals surface area contributed by atoms with E-state index in [1.807, 2.05) is 19.1 Å². The molecule has 0 fully saturated rings. The first kappa shape index (κ1) is 11.3. The van der Waals surface area contributed by atoms with Gasteiger partial charge in [-0.3, -0.25) is 0 Å². The summed E-state index contributed by atoms with van der Waals surface area (Å²) in [6, 6.07) is 3.62. The van der Waals surface area contributed by atoms with Crippen LogP contribution >= 0.6 is 11.6 Å². The van der Waals surface area contributed by atoms with Crippen molar-refractivity contribution in [2.24, 2.45) is 5.73 Å². The summed E-state index contributed by atoms with van der Waals surface area (Å²) in [6.45, 7) is 2.05. The van der Waals surface area contributed by atoms with E-state index < -0.39 is 6.10 Å². The molecule has 0 aliphatic rings. The van der Waals surface area contributed by atoms with Gasteiger partial charge in [0.25, 0.3) is 0 Å². The zero-order valence-electron chi connectivity index (χ0n) is 8.25.